The molecule has 4 rings (SSSR count). The molecule has 1 amide bonds. The van der Waals surface area contributed by atoms with Gasteiger partial charge >= 0.3 is 0 Å². The molecule has 0 bridgehead atoms. The molecule has 0 aliphatic carbocycles. The number of hydrogen-bond acceptors (Lipinski definition) is 5. The van der Waals surface area contributed by atoms with E-state index in [1.54, 1.807) is 53.1 Å². The van der Waals surface area contributed by atoms with Crippen molar-refractivity contribution in [3.8, 4) is 23.1 Å². The highest BCUT2D eigenvalue weighted by Crippen LogP contribution is 2.28. The average Bonchev–Trinajstić information content (AvgIpc) is 3.23. The van der Waals surface area contributed by atoms with Gasteiger partial charge in [0.2, 0.25) is 5.91 Å². The number of amides is 1. The fraction of sp³-hybridized carbons (Fsp3) is 0.0435. The lowest BCUT2D eigenvalue weighted by atomic mass is 10.2. The van der Waals surface area contributed by atoms with Crippen LogP contribution in [0.25, 0.3) is 17.1 Å². The first-order valence-electron chi connectivity index (χ1n) is 9.43. The Balaban J connectivity index is 1.59. The second-order valence-electron chi connectivity index (χ2n) is 6.65. The standard InChI is InChI=1S/C23H15F2N5OS/c24-17-6-4-16(5-7-17)22-28-29-23(30(22)20-10-8-18(25)9-11-20)32-14-21(31)27-19-3-1-2-15(12-19)13-26/h1-12H,14H2,(H,27,31). The monoisotopic (exact) mass is 447 g/mol. The predicted octanol–water partition coefficient (Wildman–Crippen LogP) is 4.81. The van der Waals surface area contributed by atoms with E-state index in [2.05, 4.69) is 15.5 Å². The van der Waals surface area contributed by atoms with E-state index in [1.165, 1.54) is 24.3 Å². The SMILES string of the molecule is N#Cc1cccc(NC(=O)CSc2nnc(-c3ccc(F)cc3)n2-c2ccc(F)cc2)c1. The molecule has 3 aromatic carbocycles. The first-order valence-corrected chi connectivity index (χ1v) is 10.4. The van der Waals surface area contributed by atoms with Crippen LogP contribution in [-0.4, -0.2) is 26.4 Å². The van der Waals surface area contributed by atoms with Crippen LogP contribution in [0.3, 0.4) is 0 Å². The van der Waals surface area contributed by atoms with Crippen LogP contribution in [0.4, 0.5) is 14.5 Å². The molecule has 0 spiro atoms. The highest BCUT2D eigenvalue weighted by molar-refractivity contribution is 7.99. The molecular weight excluding hydrogens is 432 g/mol. The van der Waals surface area contributed by atoms with Crippen molar-refractivity contribution in [1.82, 2.24) is 14.8 Å². The molecule has 0 aliphatic heterocycles. The second kappa shape index (κ2) is 9.41. The van der Waals surface area contributed by atoms with Gasteiger partial charge in [-0.2, -0.15) is 5.26 Å². The molecule has 158 valence electrons. The van der Waals surface area contributed by atoms with Gasteiger partial charge < -0.3 is 5.32 Å². The normalized spacial score (nSPS) is 10.5. The fourth-order valence-corrected chi connectivity index (χ4v) is 3.72. The number of carbonyl (C=O) groups is 1. The lowest BCUT2D eigenvalue weighted by molar-refractivity contribution is -0.113. The topological polar surface area (TPSA) is 83.6 Å². The molecule has 32 heavy (non-hydrogen) atoms. The van der Waals surface area contributed by atoms with Crippen LogP contribution in [0.1, 0.15) is 5.56 Å². The zero-order chi connectivity index (χ0) is 22.5. The van der Waals surface area contributed by atoms with E-state index in [0.29, 0.717) is 33.5 Å². The van der Waals surface area contributed by atoms with E-state index in [4.69, 9.17) is 5.26 Å². The Hall–Kier alpha value is -4.03. The quantitative estimate of drug-likeness (QED) is 0.429. The van der Waals surface area contributed by atoms with Crippen molar-refractivity contribution in [1.29, 1.82) is 5.26 Å². The van der Waals surface area contributed by atoms with Crippen LogP contribution in [-0.2, 0) is 4.79 Å². The van der Waals surface area contributed by atoms with Crippen molar-refractivity contribution in [2.24, 2.45) is 0 Å². The van der Waals surface area contributed by atoms with Crippen molar-refractivity contribution < 1.29 is 13.6 Å². The summed E-state index contributed by atoms with van der Waals surface area (Å²) in [5.41, 5.74) is 2.17. The van der Waals surface area contributed by atoms with Crippen LogP contribution < -0.4 is 5.32 Å². The molecule has 6 nitrogen and oxygen atoms in total. The maximum absolute atomic E-state index is 13.5. The minimum atomic E-state index is -0.390. The maximum Gasteiger partial charge on any atom is 0.234 e. The van der Waals surface area contributed by atoms with Crippen LogP contribution in [0, 0.1) is 23.0 Å². The summed E-state index contributed by atoms with van der Waals surface area (Å²) < 4.78 is 28.5. The van der Waals surface area contributed by atoms with E-state index in [-0.39, 0.29) is 17.5 Å². The number of hydrogen-bond donors (Lipinski definition) is 1. The van der Waals surface area contributed by atoms with E-state index >= 15 is 0 Å². The third kappa shape index (κ3) is 4.82. The number of nitriles is 1. The van der Waals surface area contributed by atoms with Gasteiger partial charge in [-0.3, -0.25) is 9.36 Å². The van der Waals surface area contributed by atoms with E-state index in [1.807, 2.05) is 6.07 Å². The number of halogens is 2. The van der Waals surface area contributed by atoms with Gasteiger partial charge in [0, 0.05) is 16.9 Å². The fourth-order valence-electron chi connectivity index (χ4n) is 2.97. The highest BCUT2D eigenvalue weighted by atomic mass is 32.2. The molecule has 1 aromatic heterocycles. The second-order valence-corrected chi connectivity index (χ2v) is 7.60. The molecular formula is C23H15F2N5OS. The van der Waals surface area contributed by atoms with Crippen molar-refractivity contribution in [2.75, 3.05) is 11.1 Å². The van der Waals surface area contributed by atoms with Gasteiger partial charge in [0.05, 0.1) is 17.4 Å². The molecule has 9 heteroatoms. The van der Waals surface area contributed by atoms with E-state index in [9.17, 15) is 13.6 Å². The zero-order valence-electron chi connectivity index (χ0n) is 16.5. The number of aromatic nitrogens is 3. The summed E-state index contributed by atoms with van der Waals surface area (Å²) in [5, 5.41) is 20.5. The molecule has 0 unspecified atom stereocenters. The van der Waals surface area contributed by atoms with Gasteiger partial charge in [0.25, 0.3) is 0 Å². The van der Waals surface area contributed by atoms with Crippen LogP contribution in [0.2, 0.25) is 0 Å². The van der Waals surface area contributed by atoms with Crippen molar-refractivity contribution in [3.63, 3.8) is 0 Å². The average molecular weight is 447 g/mol. The van der Waals surface area contributed by atoms with Crippen LogP contribution >= 0.6 is 11.8 Å². The number of anilines is 1. The first kappa shape index (κ1) is 21.2. The van der Waals surface area contributed by atoms with Gasteiger partial charge in [-0.05, 0) is 66.7 Å². The van der Waals surface area contributed by atoms with Crippen molar-refractivity contribution >= 4 is 23.4 Å². The molecule has 0 saturated heterocycles. The molecule has 0 radical (unpaired) electrons. The Labute approximate surface area is 186 Å². The number of carbonyl (C=O) groups excluding carboxylic acids is 1. The van der Waals surface area contributed by atoms with Gasteiger partial charge in [-0.25, -0.2) is 8.78 Å². The maximum atomic E-state index is 13.5. The Bertz CT molecular complexity index is 1300. The Morgan fingerprint density at radius 2 is 1.69 bits per heavy atom. The lowest BCUT2D eigenvalue weighted by Crippen LogP contribution is -2.14. The largest absolute Gasteiger partial charge is 0.325 e. The minimum absolute atomic E-state index is 0.0273. The lowest BCUT2D eigenvalue weighted by Gasteiger charge is -2.11. The number of nitrogens with zero attached hydrogens (tertiary/aromatic N) is 4. The Kier molecular flexibility index (Phi) is 6.24. The van der Waals surface area contributed by atoms with Gasteiger partial charge in [0.1, 0.15) is 11.6 Å². The van der Waals surface area contributed by atoms with Crippen molar-refractivity contribution in [3.05, 3.63) is 90.0 Å². The predicted molar refractivity (Wildman–Crippen MR) is 117 cm³/mol. The number of nitrogens with one attached hydrogen (secondary N) is 1. The summed E-state index contributed by atoms with van der Waals surface area (Å²) in [5.74, 6) is -0.602. The molecule has 0 atom stereocenters. The summed E-state index contributed by atoms with van der Waals surface area (Å²) in [6.45, 7) is 0. The van der Waals surface area contributed by atoms with Gasteiger partial charge in [-0.1, -0.05) is 17.8 Å². The molecule has 1 heterocycles. The third-order valence-electron chi connectivity index (χ3n) is 4.43. The summed E-state index contributed by atoms with van der Waals surface area (Å²) in [7, 11) is 0. The number of thioether (sulfide) groups is 1. The smallest absolute Gasteiger partial charge is 0.234 e. The summed E-state index contributed by atoms with van der Waals surface area (Å²) in [4.78, 5) is 12.4. The summed E-state index contributed by atoms with van der Waals surface area (Å²) in [6, 6.07) is 20.2. The van der Waals surface area contributed by atoms with Crippen LogP contribution in [0.15, 0.2) is 78.0 Å². The molecule has 1 N–H and O–H groups in total. The molecule has 0 aliphatic rings. The molecule has 0 saturated carbocycles. The summed E-state index contributed by atoms with van der Waals surface area (Å²) >= 11 is 1.15. The first-order chi connectivity index (χ1) is 15.5. The van der Waals surface area contributed by atoms with Crippen molar-refractivity contribution in [2.45, 2.75) is 5.16 Å². The van der Waals surface area contributed by atoms with Crippen LogP contribution in [0.5, 0.6) is 0 Å². The zero-order valence-corrected chi connectivity index (χ0v) is 17.3. The third-order valence-corrected chi connectivity index (χ3v) is 5.36. The Morgan fingerprint density at radius 1 is 1.00 bits per heavy atom. The molecule has 4 aromatic rings. The van der Waals surface area contributed by atoms with E-state index in [0.717, 1.165) is 11.8 Å². The Morgan fingerprint density at radius 3 is 2.38 bits per heavy atom. The number of benzene rings is 3. The molecule has 0 fully saturated rings. The van der Waals surface area contributed by atoms with Gasteiger partial charge in [0.15, 0.2) is 11.0 Å². The number of rotatable bonds is 6. The summed E-state index contributed by atoms with van der Waals surface area (Å²) in [6.07, 6.45) is 0. The van der Waals surface area contributed by atoms with E-state index < -0.39 is 5.82 Å². The minimum Gasteiger partial charge on any atom is -0.325 e. The highest BCUT2D eigenvalue weighted by Gasteiger charge is 2.17. The van der Waals surface area contributed by atoms with Gasteiger partial charge in [-0.15, -0.1) is 10.2 Å².